The molecule has 0 spiro atoms. The highest BCUT2D eigenvalue weighted by Gasteiger charge is 2.18. The van der Waals surface area contributed by atoms with Gasteiger partial charge in [-0.1, -0.05) is 18.2 Å². The highest BCUT2D eigenvalue weighted by molar-refractivity contribution is 7.92. The molecular formula is C18H14FN3O3S. The summed E-state index contributed by atoms with van der Waals surface area (Å²) in [6.07, 6.45) is 3.04. The molecule has 8 heteroatoms. The molecule has 0 fully saturated rings. The Balaban J connectivity index is 1.84. The van der Waals surface area contributed by atoms with E-state index in [0.29, 0.717) is 5.69 Å². The summed E-state index contributed by atoms with van der Waals surface area (Å²) in [6.45, 7) is 0. The Bertz CT molecular complexity index is 1040. The number of carbonyl (C=O) groups excluding carboxylic acids is 1. The molecule has 0 radical (unpaired) electrons. The van der Waals surface area contributed by atoms with Gasteiger partial charge in [-0.05, 0) is 42.5 Å². The number of sulfonamides is 1. The third-order valence-electron chi connectivity index (χ3n) is 3.44. The van der Waals surface area contributed by atoms with Gasteiger partial charge in [0.1, 0.15) is 5.82 Å². The molecular weight excluding hydrogens is 357 g/mol. The summed E-state index contributed by atoms with van der Waals surface area (Å²) in [7, 11) is -4.05. The van der Waals surface area contributed by atoms with Crippen LogP contribution in [0.15, 0.2) is 78.0 Å². The maximum Gasteiger partial charge on any atom is 0.262 e. The van der Waals surface area contributed by atoms with Gasteiger partial charge in [0, 0.05) is 11.8 Å². The Morgan fingerprint density at radius 3 is 2.54 bits per heavy atom. The summed E-state index contributed by atoms with van der Waals surface area (Å²) in [5.74, 6) is -1.18. The van der Waals surface area contributed by atoms with Crippen molar-refractivity contribution in [1.82, 2.24) is 4.98 Å². The van der Waals surface area contributed by atoms with Gasteiger partial charge in [0.05, 0.1) is 22.5 Å². The molecule has 1 amide bonds. The van der Waals surface area contributed by atoms with Gasteiger partial charge in [-0.2, -0.15) is 0 Å². The van der Waals surface area contributed by atoms with E-state index in [2.05, 4.69) is 15.0 Å². The number of nitrogens with zero attached hydrogens (tertiary/aromatic N) is 1. The Hall–Kier alpha value is -3.26. The van der Waals surface area contributed by atoms with Crippen LogP contribution in [0.25, 0.3) is 0 Å². The summed E-state index contributed by atoms with van der Waals surface area (Å²) < 4.78 is 40.8. The molecule has 0 aliphatic heterocycles. The molecule has 0 bridgehead atoms. The fourth-order valence-corrected chi connectivity index (χ4v) is 3.30. The van der Waals surface area contributed by atoms with E-state index in [-0.39, 0.29) is 16.1 Å². The number of hydrogen-bond acceptors (Lipinski definition) is 4. The van der Waals surface area contributed by atoms with E-state index in [4.69, 9.17) is 0 Å². The summed E-state index contributed by atoms with van der Waals surface area (Å²) in [6, 6.07) is 14.2. The van der Waals surface area contributed by atoms with Crippen molar-refractivity contribution < 1.29 is 17.6 Å². The number of aromatic nitrogens is 1. The van der Waals surface area contributed by atoms with Crippen LogP contribution in [0.1, 0.15) is 10.4 Å². The van der Waals surface area contributed by atoms with Crippen LogP contribution in [-0.4, -0.2) is 19.3 Å². The topological polar surface area (TPSA) is 88.2 Å². The average Bonchev–Trinajstić information content (AvgIpc) is 2.64. The van der Waals surface area contributed by atoms with E-state index in [9.17, 15) is 17.6 Å². The lowest BCUT2D eigenvalue weighted by atomic mass is 10.2. The van der Waals surface area contributed by atoms with Gasteiger partial charge in [0.25, 0.3) is 15.9 Å². The summed E-state index contributed by atoms with van der Waals surface area (Å²) in [5.41, 5.74) is 0.457. The lowest BCUT2D eigenvalue weighted by Gasteiger charge is -2.10. The Labute approximate surface area is 149 Å². The molecule has 0 aliphatic carbocycles. The molecule has 26 heavy (non-hydrogen) atoms. The van der Waals surface area contributed by atoms with Crippen LogP contribution in [0, 0.1) is 5.82 Å². The zero-order chi connectivity index (χ0) is 18.6. The van der Waals surface area contributed by atoms with Crippen molar-refractivity contribution in [3.63, 3.8) is 0 Å². The fourth-order valence-electron chi connectivity index (χ4n) is 2.19. The monoisotopic (exact) mass is 371 g/mol. The third kappa shape index (κ3) is 4.04. The van der Waals surface area contributed by atoms with Gasteiger partial charge in [-0.3, -0.25) is 14.5 Å². The first-order chi connectivity index (χ1) is 12.5. The van der Waals surface area contributed by atoms with Gasteiger partial charge in [-0.15, -0.1) is 0 Å². The smallest absolute Gasteiger partial charge is 0.262 e. The SMILES string of the molecule is O=C(Nc1cccnc1)c1cccc(S(=O)(=O)Nc2ccccc2F)c1. The van der Waals surface area contributed by atoms with Crippen molar-refractivity contribution in [2.24, 2.45) is 0 Å². The highest BCUT2D eigenvalue weighted by Crippen LogP contribution is 2.20. The standard InChI is InChI=1S/C18H14FN3O3S/c19-16-8-1-2-9-17(16)22-26(24,25)15-7-3-5-13(11-15)18(23)21-14-6-4-10-20-12-14/h1-12,22H,(H,21,23). The zero-order valence-electron chi connectivity index (χ0n) is 13.4. The van der Waals surface area contributed by atoms with Crippen molar-refractivity contribution in [1.29, 1.82) is 0 Å². The number of halogens is 1. The largest absolute Gasteiger partial charge is 0.321 e. The lowest BCUT2D eigenvalue weighted by Crippen LogP contribution is -2.16. The van der Waals surface area contributed by atoms with Crippen molar-refractivity contribution in [3.05, 3.63) is 84.4 Å². The Morgan fingerprint density at radius 2 is 1.81 bits per heavy atom. The van der Waals surface area contributed by atoms with Crippen LogP contribution in [-0.2, 0) is 10.0 Å². The van der Waals surface area contributed by atoms with E-state index < -0.39 is 21.7 Å². The summed E-state index contributed by atoms with van der Waals surface area (Å²) >= 11 is 0. The Morgan fingerprint density at radius 1 is 1.00 bits per heavy atom. The first-order valence-electron chi connectivity index (χ1n) is 7.54. The fraction of sp³-hybridized carbons (Fsp3) is 0. The second kappa shape index (κ2) is 7.32. The van der Waals surface area contributed by atoms with Crippen LogP contribution in [0.2, 0.25) is 0 Å². The number of amides is 1. The van der Waals surface area contributed by atoms with Gasteiger partial charge in [-0.25, -0.2) is 12.8 Å². The van der Waals surface area contributed by atoms with Crippen molar-refractivity contribution in [2.75, 3.05) is 10.0 Å². The van der Waals surface area contributed by atoms with E-state index in [1.165, 1.54) is 48.7 Å². The summed E-state index contributed by atoms with van der Waals surface area (Å²) in [5, 5.41) is 2.62. The molecule has 0 aliphatic rings. The van der Waals surface area contributed by atoms with Gasteiger partial charge in [0.15, 0.2) is 0 Å². The number of nitrogens with one attached hydrogen (secondary N) is 2. The van der Waals surface area contributed by atoms with Crippen molar-refractivity contribution >= 4 is 27.3 Å². The number of hydrogen-bond donors (Lipinski definition) is 2. The van der Waals surface area contributed by atoms with Crippen LogP contribution in [0.3, 0.4) is 0 Å². The number of rotatable bonds is 5. The maximum absolute atomic E-state index is 13.7. The van der Waals surface area contributed by atoms with Crippen LogP contribution in [0.5, 0.6) is 0 Å². The first kappa shape index (κ1) is 17.6. The van der Waals surface area contributed by atoms with E-state index in [1.54, 1.807) is 18.3 Å². The molecule has 2 N–H and O–H groups in total. The van der Waals surface area contributed by atoms with Gasteiger partial charge < -0.3 is 5.32 Å². The minimum atomic E-state index is -4.05. The van der Waals surface area contributed by atoms with Crippen molar-refractivity contribution in [3.8, 4) is 0 Å². The van der Waals surface area contributed by atoms with Crippen LogP contribution >= 0.6 is 0 Å². The van der Waals surface area contributed by atoms with Crippen LogP contribution in [0.4, 0.5) is 15.8 Å². The zero-order valence-corrected chi connectivity index (χ0v) is 14.2. The highest BCUT2D eigenvalue weighted by atomic mass is 32.2. The molecule has 0 unspecified atom stereocenters. The summed E-state index contributed by atoms with van der Waals surface area (Å²) in [4.78, 5) is 16.0. The molecule has 3 rings (SSSR count). The van der Waals surface area contributed by atoms with E-state index >= 15 is 0 Å². The van der Waals surface area contributed by atoms with Crippen molar-refractivity contribution in [2.45, 2.75) is 4.90 Å². The predicted molar refractivity (Wildman–Crippen MR) is 95.8 cm³/mol. The molecule has 132 valence electrons. The number of anilines is 2. The Kier molecular flexibility index (Phi) is 4.94. The molecule has 3 aromatic rings. The predicted octanol–water partition coefficient (Wildman–Crippen LogP) is 3.27. The normalized spacial score (nSPS) is 11.0. The maximum atomic E-state index is 13.7. The molecule has 1 aromatic heterocycles. The molecule has 0 saturated heterocycles. The first-order valence-corrected chi connectivity index (χ1v) is 9.03. The van der Waals surface area contributed by atoms with Gasteiger partial charge in [0.2, 0.25) is 0 Å². The minimum Gasteiger partial charge on any atom is -0.321 e. The minimum absolute atomic E-state index is 0.144. The number of pyridine rings is 1. The van der Waals surface area contributed by atoms with E-state index in [1.807, 2.05) is 0 Å². The average molecular weight is 371 g/mol. The second-order valence-corrected chi connectivity index (χ2v) is 6.99. The van der Waals surface area contributed by atoms with Crippen LogP contribution < -0.4 is 10.0 Å². The van der Waals surface area contributed by atoms with Gasteiger partial charge >= 0.3 is 0 Å². The number of para-hydroxylation sites is 1. The number of carbonyl (C=O) groups is 1. The second-order valence-electron chi connectivity index (χ2n) is 5.31. The number of benzene rings is 2. The molecule has 2 aromatic carbocycles. The van der Waals surface area contributed by atoms with E-state index in [0.717, 1.165) is 6.07 Å². The quantitative estimate of drug-likeness (QED) is 0.720. The molecule has 0 atom stereocenters. The molecule has 0 saturated carbocycles. The lowest BCUT2D eigenvalue weighted by molar-refractivity contribution is 0.102. The molecule has 6 nitrogen and oxygen atoms in total. The molecule has 1 heterocycles. The third-order valence-corrected chi connectivity index (χ3v) is 4.81.